The zero-order chi connectivity index (χ0) is 13.9. The fraction of sp³-hybridized carbons (Fsp3) is 0.125. The van der Waals surface area contributed by atoms with Crippen LogP contribution in [0.25, 0.3) is 22.5 Å². The van der Waals surface area contributed by atoms with Crippen LogP contribution in [0.2, 0.25) is 0 Å². The van der Waals surface area contributed by atoms with E-state index in [1.54, 1.807) is 24.2 Å². The molecule has 100 valence electrons. The van der Waals surface area contributed by atoms with Gasteiger partial charge in [0.2, 0.25) is 0 Å². The molecule has 2 aromatic heterocycles. The fourth-order valence-corrected chi connectivity index (χ4v) is 2.66. The lowest BCUT2D eigenvalue weighted by molar-refractivity contribution is 1.15. The number of aromatic nitrogens is 3. The van der Waals surface area contributed by atoms with E-state index in [0.717, 1.165) is 28.3 Å². The molecule has 0 aliphatic carbocycles. The number of thioether (sulfide) groups is 1. The highest BCUT2D eigenvalue weighted by atomic mass is 32.2. The Kier molecular flexibility index (Phi) is 3.56. The molecule has 0 atom stereocenters. The Bertz CT molecular complexity index is 720. The number of aryl methyl sites for hydroxylation is 1. The summed E-state index contributed by atoms with van der Waals surface area (Å²) in [6, 6.07) is 12.4. The molecule has 2 heterocycles. The number of benzene rings is 1. The Balaban J connectivity index is 2.14. The third-order valence-corrected chi connectivity index (χ3v) is 3.86. The van der Waals surface area contributed by atoms with Crippen molar-refractivity contribution >= 4 is 11.8 Å². The minimum Gasteiger partial charge on any atom is -0.342 e. The molecule has 3 rings (SSSR count). The molecule has 3 nitrogen and oxygen atoms in total. The number of H-pyrrole nitrogens is 1. The summed E-state index contributed by atoms with van der Waals surface area (Å²) in [7, 11) is 0. The van der Waals surface area contributed by atoms with Crippen molar-refractivity contribution in [2.75, 3.05) is 6.26 Å². The lowest BCUT2D eigenvalue weighted by Crippen LogP contribution is -1.85. The van der Waals surface area contributed by atoms with E-state index >= 15 is 0 Å². The molecule has 0 radical (unpaired) electrons. The Morgan fingerprint density at radius 2 is 1.85 bits per heavy atom. The van der Waals surface area contributed by atoms with Crippen LogP contribution >= 0.6 is 11.8 Å². The summed E-state index contributed by atoms with van der Waals surface area (Å²) in [6.07, 6.45) is 5.68. The molecule has 1 N–H and O–H groups in total. The molecule has 1 aromatic carbocycles. The first-order valence-corrected chi connectivity index (χ1v) is 7.62. The van der Waals surface area contributed by atoms with Crippen LogP contribution in [0.1, 0.15) is 5.82 Å². The van der Waals surface area contributed by atoms with Gasteiger partial charge >= 0.3 is 0 Å². The Labute approximate surface area is 122 Å². The molecule has 0 amide bonds. The molecule has 0 aliphatic heterocycles. The van der Waals surface area contributed by atoms with Crippen molar-refractivity contribution in [2.45, 2.75) is 11.8 Å². The number of nitrogens with one attached hydrogen (secondary N) is 1. The number of aromatic amines is 1. The smallest absolute Gasteiger partial charge is 0.104 e. The Hall–Kier alpha value is -2.07. The molecule has 0 unspecified atom stereocenters. The first kappa shape index (κ1) is 12.9. The molecule has 0 saturated carbocycles. The van der Waals surface area contributed by atoms with Crippen molar-refractivity contribution in [1.82, 2.24) is 15.0 Å². The maximum Gasteiger partial charge on any atom is 0.104 e. The lowest BCUT2D eigenvalue weighted by atomic mass is 10.1. The second-order valence-electron chi connectivity index (χ2n) is 4.51. The van der Waals surface area contributed by atoms with Gasteiger partial charge in [-0.2, -0.15) is 0 Å². The largest absolute Gasteiger partial charge is 0.342 e. The van der Waals surface area contributed by atoms with Crippen molar-refractivity contribution in [3.63, 3.8) is 0 Å². The Morgan fingerprint density at radius 3 is 2.60 bits per heavy atom. The SMILES string of the molecule is CSc1cccc(-c2nc(C)[nH]c2-c2ccncc2)c1. The van der Waals surface area contributed by atoms with E-state index in [0.29, 0.717) is 0 Å². The molecule has 3 aromatic rings. The van der Waals surface area contributed by atoms with Crippen LogP contribution in [-0.4, -0.2) is 21.2 Å². The third-order valence-electron chi connectivity index (χ3n) is 3.13. The molecule has 20 heavy (non-hydrogen) atoms. The molecular formula is C16H15N3S. The van der Waals surface area contributed by atoms with Crippen LogP contribution in [0.4, 0.5) is 0 Å². The summed E-state index contributed by atoms with van der Waals surface area (Å²) >= 11 is 1.74. The van der Waals surface area contributed by atoms with Crippen LogP contribution in [0.5, 0.6) is 0 Å². The summed E-state index contributed by atoms with van der Waals surface area (Å²) < 4.78 is 0. The number of nitrogens with zero attached hydrogens (tertiary/aromatic N) is 2. The van der Waals surface area contributed by atoms with E-state index in [1.807, 2.05) is 19.1 Å². The third kappa shape index (κ3) is 2.47. The normalized spacial score (nSPS) is 10.7. The summed E-state index contributed by atoms with van der Waals surface area (Å²) in [4.78, 5) is 13.3. The van der Waals surface area contributed by atoms with Gasteiger partial charge in [0.15, 0.2) is 0 Å². The molecule has 0 aliphatic rings. The number of imidazole rings is 1. The summed E-state index contributed by atoms with van der Waals surface area (Å²) in [5.74, 6) is 0.918. The first-order chi connectivity index (χ1) is 9.78. The maximum atomic E-state index is 4.65. The highest BCUT2D eigenvalue weighted by Gasteiger charge is 2.12. The fourth-order valence-electron chi connectivity index (χ4n) is 2.20. The molecular weight excluding hydrogens is 266 g/mol. The van der Waals surface area contributed by atoms with Gasteiger partial charge in [-0.05, 0) is 37.4 Å². The van der Waals surface area contributed by atoms with Crippen LogP contribution in [0.3, 0.4) is 0 Å². The Morgan fingerprint density at radius 1 is 1.05 bits per heavy atom. The van der Waals surface area contributed by atoms with E-state index in [-0.39, 0.29) is 0 Å². The van der Waals surface area contributed by atoms with Gasteiger partial charge in [-0.1, -0.05) is 12.1 Å². The van der Waals surface area contributed by atoms with Crippen molar-refractivity contribution < 1.29 is 0 Å². The van der Waals surface area contributed by atoms with Gasteiger partial charge in [-0.15, -0.1) is 11.8 Å². The number of hydrogen-bond donors (Lipinski definition) is 1. The summed E-state index contributed by atoms with van der Waals surface area (Å²) in [5, 5.41) is 0. The van der Waals surface area contributed by atoms with Crippen molar-refractivity contribution in [3.8, 4) is 22.5 Å². The molecule has 0 saturated heterocycles. The van der Waals surface area contributed by atoms with Crippen molar-refractivity contribution in [1.29, 1.82) is 0 Å². The average Bonchev–Trinajstić information content (AvgIpc) is 2.90. The van der Waals surface area contributed by atoms with Crippen LogP contribution < -0.4 is 0 Å². The van der Waals surface area contributed by atoms with Crippen LogP contribution in [-0.2, 0) is 0 Å². The van der Waals surface area contributed by atoms with Gasteiger partial charge in [0.25, 0.3) is 0 Å². The van der Waals surface area contributed by atoms with E-state index in [4.69, 9.17) is 0 Å². The van der Waals surface area contributed by atoms with Gasteiger partial charge in [0.1, 0.15) is 5.82 Å². The number of hydrogen-bond acceptors (Lipinski definition) is 3. The lowest BCUT2D eigenvalue weighted by Gasteiger charge is -2.04. The van der Waals surface area contributed by atoms with Gasteiger partial charge in [0.05, 0.1) is 11.4 Å². The average molecular weight is 281 g/mol. The van der Waals surface area contributed by atoms with Crippen LogP contribution in [0.15, 0.2) is 53.7 Å². The second-order valence-corrected chi connectivity index (χ2v) is 5.39. The van der Waals surface area contributed by atoms with E-state index in [1.165, 1.54) is 4.90 Å². The van der Waals surface area contributed by atoms with Gasteiger partial charge in [0, 0.05) is 28.4 Å². The molecule has 4 heteroatoms. The van der Waals surface area contributed by atoms with Gasteiger partial charge in [-0.3, -0.25) is 4.98 Å². The second kappa shape index (κ2) is 5.51. The predicted molar refractivity (Wildman–Crippen MR) is 83.8 cm³/mol. The standard InChI is InChI=1S/C16H15N3S/c1-11-18-15(12-6-8-17-9-7-12)16(19-11)13-4-3-5-14(10-13)20-2/h3-10H,1-2H3,(H,18,19). The topological polar surface area (TPSA) is 41.6 Å². The maximum absolute atomic E-state index is 4.65. The number of rotatable bonds is 3. The van der Waals surface area contributed by atoms with Gasteiger partial charge in [-0.25, -0.2) is 4.98 Å². The zero-order valence-electron chi connectivity index (χ0n) is 11.4. The first-order valence-electron chi connectivity index (χ1n) is 6.39. The highest BCUT2D eigenvalue weighted by molar-refractivity contribution is 7.98. The summed E-state index contributed by atoms with van der Waals surface area (Å²) in [6.45, 7) is 1.98. The predicted octanol–water partition coefficient (Wildman–Crippen LogP) is 4.17. The van der Waals surface area contributed by atoms with Gasteiger partial charge < -0.3 is 4.98 Å². The zero-order valence-corrected chi connectivity index (χ0v) is 12.2. The van der Waals surface area contributed by atoms with Crippen molar-refractivity contribution in [2.24, 2.45) is 0 Å². The monoisotopic (exact) mass is 281 g/mol. The minimum atomic E-state index is 0.918. The number of pyridine rings is 1. The molecule has 0 spiro atoms. The quantitative estimate of drug-likeness (QED) is 0.733. The van der Waals surface area contributed by atoms with E-state index < -0.39 is 0 Å². The van der Waals surface area contributed by atoms with Crippen LogP contribution in [0, 0.1) is 6.92 Å². The minimum absolute atomic E-state index is 0.918. The van der Waals surface area contributed by atoms with E-state index in [9.17, 15) is 0 Å². The summed E-state index contributed by atoms with van der Waals surface area (Å²) in [5.41, 5.74) is 4.27. The molecule has 0 bridgehead atoms. The highest BCUT2D eigenvalue weighted by Crippen LogP contribution is 2.31. The molecule has 0 fully saturated rings. The van der Waals surface area contributed by atoms with Crippen molar-refractivity contribution in [3.05, 3.63) is 54.6 Å². The van der Waals surface area contributed by atoms with E-state index in [2.05, 4.69) is 45.5 Å².